The smallest absolute Gasteiger partial charge is 0.393 e. The number of nitrogens with zero attached hydrogens (tertiary/aromatic N) is 1. The fourth-order valence-electron chi connectivity index (χ4n) is 1.54. The van der Waals surface area contributed by atoms with E-state index in [9.17, 15) is 22.8 Å². The molecule has 4 N–H and O–H groups in total. The summed E-state index contributed by atoms with van der Waals surface area (Å²) in [6.07, 6.45) is -5.95. The summed E-state index contributed by atoms with van der Waals surface area (Å²) in [5.41, 5.74) is 4.90. The number of rotatable bonds is 4. The second kappa shape index (κ2) is 5.34. The van der Waals surface area contributed by atoms with E-state index in [1.165, 1.54) is 18.8 Å². The Labute approximate surface area is 105 Å². The van der Waals surface area contributed by atoms with Crippen molar-refractivity contribution in [3.05, 3.63) is 16.0 Å². The molecule has 0 radical (unpaired) electrons. The van der Waals surface area contributed by atoms with Gasteiger partial charge < -0.3 is 15.8 Å². The highest BCUT2D eigenvalue weighted by molar-refractivity contribution is 5.81. The van der Waals surface area contributed by atoms with Crippen molar-refractivity contribution >= 4 is 11.6 Å². The first-order chi connectivity index (χ1) is 8.68. The molecule has 0 aliphatic heterocycles. The Bertz CT molecular complexity index is 520. The molecule has 1 heterocycles. The standard InChI is InChI=1S/C9H13F3N4O3/c1-16-6(5(13)7(17)15-16)4(19-2)3-14-8(18)9(10,11)12/h4H,3,13H2,1-2H3,(H,14,18)(H,15,17). The first kappa shape index (κ1) is 15.1. The van der Waals surface area contributed by atoms with Crippen molar-refractivity contribution in [1.29, 1.82) is 0 Å². The number of ether oxygens (including phenoxy) is 1. The Morgan fingerprint density at radius 2 is 2.16 bits per heavy atom. The van der Waals surface area contributed by atoms with Gasteiger partial charge in [0.25, 0.3) is 5.56 Å². The number of H-pyrrole nitrogens is 1. The van der Waals surface area contributed by atoms with Crippen LogP contribution in [0.25, 0.3) is 0 Å². The number of halogens is 3. The molecule has 10 heteroatoms. The average molecular weight is 282 g/mol. The number of nitrogens with one attached hydrogen (secondary N) is 2. The van der Waals surface area contributed by atoms with E-state index >= 15 is 0 Å². The second-order valence-electron chi connectivity index (χ2n) is 3.73. The van der Waals surface area contributed by atoms with Crippen molar-refractivity contribution in [2.75, 3.05) is 19.4 Å². The van der Waals surface area contributed by atoms with E-state index in [1.807, 2.05) is 0 Å². The number of nitrogens with two attached hydrogens (primary N) is 1. The lowest BCUT2D eigenvalue weighted by Gasteiger charge is -2.17. The number of anilines is 1. The minimum atomic E-state index is -4.98. The zero-order valence-corrected chi connectivity index (χ0v) is 10.2. The first-order valence-electron chi connectivity index (χ1n) is 5.10. The molecule has 0 spiro atoms. The molecule has 0 aliphatic carbocycles. The molecule has 0 saturated carbocycles. The van der Waals surface area contributed by atoms with Crippen LogP contribution in [0.5, 0.6) is 0 Å². The number of aryl methyl sites for hydroxylation is 1. The fraction of sp³-hybridized carbons (Fsp3) is 0.556. The van der Waals surface area contributed by atoms with Crippen LogP contribution < -0.4 is 16.6 Å². The highest BCUT2D eigenvalue weighted by atomic mass is 19.4. The maximum absolute atomic E-state index is 12.0. The number of aromatic nitrogens is 2. The van der Waals surface area contributed by atoms with E-state index in [0.717, 1.165) is 0 Å². The SMILES string of the molecule is COC(CNC(=O)C(F)(F)F)c1c(N)c(=O)[nH]n1C. The van der Waals surface area contributed by atoms with Crippen LogP contribution in [0.1, 0.15) is 11.8 Å². The summed E-state index contributed by atoms with van der Waals surface area (Å²) in [6.45, 7) is -0.468. The van der Waals surface area contributed by atoms with Crippen LogP contribution in [0.15, 0.2) is 4.79 Å². The Morgan fingerprint density at radius 1 is 1.58 bits per heavy atom. The van der Waals surface area contributed by atoms with Crippen molar-refractivity contribution in [2.45, 2.75) is 12.3 Å². The van der Waals surface area contributed by atoms with Gasteiger partial charge in [-0.1, -0.05) is 0 Å². The van der Waals surface area contributed by atoms with Gasteiger partial charge in [-0.05, 0) is 0 Å². The van der Waals surface area contributed by atoms with E-state index in [2.05, 4.69) is 5.10 Å². The summed E-state index contributed by atoms with van der Waals surface area (Å²) in [5.74, 6) is -2.09. The predicted octanol–water partition coefficient (Wildman–Crippen LogP) is -0.338. The second-order valence-corrected chi connectivity index (χ2v) is 3.73. The van der Waals surface area contributed by atoms with E-state index in [-0.39, 0.29) is 11.4 Å². The van der Waals surface area contributed by atoms with Gasteiger partial charge in [0, 0.05) is 20.7 Å². The highest BCUT2D eigenvalue weighted by Crippen LogP contribution is 2.20. The molecule has 1 aromatic rings. The van der Waals surface area contributed by atoms with Crippen LogP contribution in [0, 0.1) is 0 Å². The molecule has 0 saturated heterocycles. The topological polar surface area (TPSA) is 102 Å². The maximum Gasteiger partial charge on any atom is 0.471 e. The number of carbonyl (C=O) groups excluding carboxylic acids is 1. The summed E-state index contributed by atoms with van der Waals surface area (Å²) >= 11 is 0. The number of hydrogen-bond acceptors (Lipinski definition) is 4. The lowest BCUT2D eigenvalue weighted by atomic mass is 10.2. The quantitative estimate of drug-likeness (QED) is 0.703. The van der Waals surface area contributed by atoms with Gasteiger partial charge in [0.1, 0.15) is 11.8 Å². The number of aromatic amines is 1. The lowest BCUT2D eigenvalue weighted by molar-refractivity contribution is -0.174. The normalized spacial score (nSPS) is 13.3. The van der Waals surface area contributed by atoms with Crippen molar-refractivity contribution < 1.29 is 22.7 Å². The number of nitrogen functional groups attached to an aromatic ring is 1. The van der Waals surface area contributed by atoms with Crippen LogP contribution in [-0.4, -0.2) is 35.5 Å². The molecule has 19 heavy (non-hydrogen) atoms. The Hall–Kier alpha value is -1.97. The van der Waals surface area contributed by atoms with Gasteiger partial charge in [0.15, 0.2) is 0 Å². The monoisotopic (exact) mass is 282 g/mol. The number of alkyl halides is 3. The molecule has 7 nitrogen and oxygen atoms in total. The highest BCUT2D eigenvalue weighted by Gasteiger charge is 2.39. The third-order valence-electron chi connectivity index (χ3n) is 2.45. The lowest BCUT2D eigenvalue weighted by Crippen LogP contribution is -2.39. The van der Waals surface area contributed by atoms with Gasteiger partial charge in [-0.15, -0.1) is 0 Å². The van der Waals surface area contributed by atoms with E-state index in [1.54, 1.807) is 5.32 Å². The van der Waals surface area contributed by atoms with E-state index in [0.29, 0.717) is 0 Å². The molecule has 1 aromatic heterocycles. The summed E-state index contributed by atoms with van der Waals surface area (Å²) < 4.78 is 42.2. The van der Waals surface area contributed by atoms with Crippen LogP contribution in [0.4, 0.5) is 18.9 Å². The molecule has 108 valence electrons. The van der Waals surface area contributed by atoms with Gasteiger partial charge in [-0.2, -0.15) is 13.2 Å². The average Bonchev–Trinajstić information content (AvgIpc) is 2.54. The number of carbonyl (C=O) groups is 1. The van der Waals surface area contributed by atoms with Crippen molar-refractivity contribution in [3.63, 3.8) is 0 Å². The summed E-state index contributed by atoms with van der Waals surface area (Å²) in [6, 6.07) is 0. The van der Waals surface area contributed by atoms with Gasteiger partial charge in [-0.3, -0.25) is 19.4 Å². The Kier molecular flexibility index (Phi) is 4.24. The number of amides is 1. The summed E-state index contributed by atoms with van der Waals surface area (Å²) in [7, 11) is 2.67. The molecule has 1 amide bonds. The van der Waals surface area contributed by atoms with E-state index in [4.69, 9.17) is 10.5 Å². The minimum absolute atomic E-state index is 0.162. The van der Waals surface area contributed by atoms with Gasteiger partial charge in [0.2, 0.25) is 0 Å². The molecular formula is C9H13F3N4O3. The van der Waals surface area contributed by atoms with Gasteiger partial charge in [0.05, 0.1) is 5.69 Å². The zero-order valence-electron chi connectivity index (χ0n) is 10.2. The molecule has 1 unspecified atom stereocenters. The Balaban J connectivity index is 2.85. The van der Waals surface area contributed by atoms with Crippen molar-refractivity contribution in [3.8, 4) is 0 Å². The molecule has 0 bridgehead atoms. The minimum Gasteiger partial charge on any atom is -0.393 e. The third kappa shape index (κ3) is 3.28. The van der Waals surface area contributed by atoms with Crippen molar-refractivity contribution in [1.82, 2.24) is 15.1 Å². The van der Waals surface area contributed by atoms with Gasteiger partial charge in [-0.25, -0.2) is 0 Å². The molecular weight excluding hydrogens is 269 g/mol. The summed E-state index contributed by atoms with van der Waals surface area (Å²) in [4.78, 5) is 21.9. The van der Waals surface area contributed by atoms with Crippen LogP contribution in [0.2, 0.25) is 0 Å². The van der Waals surface area contributed by atoms with Crippen LogP contribution >= 0.6 is 0 Å². The number of methoxy groups -OCH3 is 1. The van der Waals surface area contributed by atoms with Crippen LogP contribution in [0.3, 0.4) is 0 Å². The zero-order chi connectivity index (χ0) is 14.8. The largest absolute Gasteiger partial charge is 0.471 e. The predicted molar refractivity (Wildman–Crippen MR) is 59.3 cm³/mol. The van der Waals surface area contributed by atoms with Crippen LogP contribution in [-0.2, 0) is 16.6 Å². The third-order valence-corrected chi connectivity index (χ3v) is 2.45. The van der Waals surface area contributed by atoms with Gasteiger partial charge >= 0.3 is 12.1 Å². The maximum atomic E-state index is 12.0. The van der Waals surface area contributed by atoms with E-state index < -0.39 is 30.3 Å². The molecule has 0 aliphatic rings. The molecule has 0 aromatic carbocycles. The Morgan fingerprint density at radius 3 is 2.53 bits per heavy atom. The first-order valence-corrected chi connectivity index (χ1v) is 5.10. The number of hydrogen-bond donors (Lipinski definition) is 3. The van der Waals surface area contributed by atoms with Crippen molar-refractivity contribution in [2.24, 2.45) is 7.05 Å². The summed E-state index contributed by atoms with van der Waals surface area (Å²) in [5, 5.41) is 3.99. The molecule has 1 rings (SSSR count). The molecule has 1 atom stereocenters. The fourth-order valence-corrected chi connectivity index (χ4v) is 1.54. The molecule has 0 fully saturated rings.